The van der Waals surface area contributed by atoms with Crippen LogP contribution in [0.4, 0.5) is 0 Å². The number of hydrogen-bond donors (Lipinski definition) is 0. The number of carbonyl (C=O) groups is 1. The molecule has 222 valence electrons. The molecule has 0 spiro atoms. The zero-order valence-electron chi connectivity index (χ0n) is 23.6. The fourth-order valence-corrected chi connectivity index (χ4v) is 6.23. The van der Waals surface area contributed by atoms with Gasteiger partial charge in [0.05, 0.1) is 36.5 Å². The molecule has 2 heterocycles. The van der Waals surface area contributed by atoms with Crippen LogP contribution in [0.2, 0.25) is 5.02 Å². The lowest BCUT2D eigenvalue weighted by Gasteiger charge is -2.23. The van der Waals surface area contributed by atoms with Gasteiger partial charge in [-0.25, -0.2) is 9.79 Å². The number of methoxy groups -OCH3 is 1. The lowest BCUT2D eigenvalue weighted by atomic mass is 9.97. The van der Waals surface area contributed by atoms with E-state index >= 15 is 0 Å². The van der Waals surface area contributed by atoms with Crippen molar-refractivity contribution in [2.24, 2.45) is 4.99 Å². The molecule has 1 aromatic heterocycles. The van der Waals surface area contributed by atoms with Crippen LogP contribution < -0.4 is 29.1 Å². The highest BCUT2D eigenvalue weighted by atomic mass is 79.9. The van der Waals surface area contributed by atoms with Gasteiger partial charge >= 0.3 is 5.97 Å². The van der Waals surface area contributed by atoms with Gasteiger partial charge in [0.1, 0.15) is 12.4 Å². The minimum atomic E-state index is -0.790. The fourth-order valence-electron chi connectivity index (χ4n) is 4.68. The number of benzene rings is 3. The number of nitrogens with zero attached hydrogens (tertiary/aromatic N) is 2. The molecule has 0 N–H and O–H groups in total. The summed E-state index contributed by atoms with van der Waals surface area (Å²) in [7, 11) is 1.30. The summed E-state index contributed by atoms with van der Waals surface area (Å²) in [5, 5.41) is 0.625. The molecule has 0 unspecified atom stereocenters. The molecule has 5 rings (SSSR count). The van der Waals surface area contributed by atoms with Crippen molar-refractivity contribution in [3.8, 4) is 17.2 Å². The Kier molecular flexibility index (Phi) is 9.69. The summed E-state index contributed by atoms with van der Waals surface area (Å²) in [6.45, 7) is 4.94. The Morgan fingerprint density at radius 3 is 2.53 bits per heavy atom. The Hall–Kier alpha value is -3.86. The van der Waals surface area contributed by atoms with Crippen LogP contribution in [0.25, 0.3) is 6.08 Å². The molecule has 3 aromatic carbocycles. The Morgan fingerprint density at radius 2 is 1.79 bits per heavy atom. The van der Waals surface area contributed by atoms with Gasteiger partial charge in [-0.15, -0.1) is 0 Å². The average molecular weight is 684 g/mol. The molecule has 1 aliphatic rings. The van der Waals surface area contributed by atoms with E-state index in [9.17, 15) is 9.59 Å². The molecule has 0 amide bonds. The van der Waals surface area contributed by atoms with Gasteiger partial charge in [0.2, 0.25) is 0 Å². The van der Waals surface area contributed by atoms with E-state index in [-0.39, 0.29) is 11.1 Å². The Bertz CT molecular complexity index is 1880. The highest BCUT2D eigenvalue weighted by molar-refractivity contribution is 9.10. The van der Waals surface area contributed by atoms with E-state index in [0.29, 0.717) is 62.6 Å². The molecular weight excluding hydrogens is 656 g/mol. The lowest BCUT2D eigenvalue weighted by molar-refractivity contribution is -0.136. The zero-order chi connectivity index (χ0) is 30.5. The predicted molar refractivity (Wildman–Crippen MR) is 170 cm³/mol. The maximum absolute atomic E-state index is 14.0. The second kappa shape index (κ2) is 13.6. The van der Waals surface area contributed by atoms with Crippen molar-refractivity contribution in [2.75, 3.05) is 20.3 Å². The summed E-state index contributed by atoms with van der Waals surface area (Å²) >= 11 is 10.9. The number of halogens is 2. The number of thiazole rings is 1. The molecule has 0 bridgehead atoms. The molecule has 8 nitrogen and oxygen atoms in total. The van der Waals surface area contributed by atoms with Gasteiger partial charge in [0, 0.05) is 21.3 Å². The van der Waals surface area contributed by atoms with E-state index in [2.05, 4.69) is 20.9 Å². The van der Waals surface area contributed by atoms with Gasteiger partial charge in [0.15, 0.2) is 16.3 Å². The van der Waals surface area contributed by atoms with E-state index in [4.69, 9.17) is 30.5 Å². The van der Waals surface area contributed by atoms with Crippen LogP contribution in [-0.4, -0.2) is 30.9 Å². The summed E-state index contributed by atoms with van der Waals surface area (Å²) in [6, 6.07) is 17.6. The van der Waals surface area contributed by atoms with E-state index in [1.165, 1.54) is 29.2 Å². The van der Waals surface area contributed by atoms with Gasteiger partial charge in [-0.3, -0.25) is 9.36 Å². The topological polar surface area (TPSA) is 88.4 Å². The molecule has 0 aliphatic carbocycles. The zero-order valence-corrected chi connectivity index (χ0v) is 26.8. The summed E-state index contributed by atoms with van der Waals surface area (Å²) in [5.74, 6) is 1.09. The Balaban J connectivity index is 1.60. The summed E-state index contributed by atoms with van der Waals surface area (Å²) in [5.41, 5.74) is 2.18. The summed E-state index contributed by atoms with van der Waals surface area (Å²) in [4.78, 5) is 31.8. The number of rotatable bonds is 10. The van der Waals surface area contributed by atoms with Gasteiger partial charge in [-0.2, -0.15) is 0 Å². The highest BCUT2D eigenvalue weighted by Crippen LogP contribution is 2.35. The van der Waals surface area contributed by atoms with Gasteiger partial charge < -0.3 is 18.9 Å². The molecule has 0 fully saturated rings. The third-order valence-corrected chi connectivity index (χ3v) is 8.28. The van der Waals surface area contributed by atoms with Crippen molar-refractivity contribution < 1.29 is 23.7 Å². The second-order valence-corrected chi connectivity index (χ2v) is 11.7. The van der Waals surface area contributed by atoms with Crippen LogP contribution in [0.1, 0.15) is 36.6 Å². The standard InChI is InChI=1S/C32H28BrClN2O6S/c1-4-40-26-11-9-20(15-27(26)41-5-2)29-24(31(38)39-3)17-35-32-36(29)30(37)28(43-32)16-21-14-22(33)10-12-25(21)42-18-19-7-6-8-23(34)13-19/h6-17,29H,4-5,18H2,1-3H3/b28-16+/t29-/m0/s1. The molecule has 0 saturated carbocycles. The smallest absolute Gasteiger partial charge is 0.337 e. The maximum Gasteiger partial charge on any atom is 0.337 e. The van der Waals surface area contributed by atoms with Crippen LogP contribution >= 0.6 is 38.9 Å². The number of carbonyl (C=O) groups excluding carboxylic acids is 1. The van der Waals surface area contributed by atoms with Crippen molar-refractivity contribution in [1.29, 1.82) is 0 Å². The number of fused-ring (bicyclic) bond motifs is 1. The third kappa shape index (κ3) is 6.71. The fraction of sp³-hybridized carbons (Fsp3) is 0.219. The first-order valence-electron chi connectivity index (χ1n) is 13.5. The average Bonchev–Trinajstić information content (AvgIpc) is 3.31. The molecule has 4 aromatic rings. The van der Waals surface area contributed by atoms with Crippen LogP contribution in [-0.2, 0) is 16.1 Å². The maximum atomic E-state index is 14.0. The Labute approximate surface area is 265 Å². The van der Waals surface area contributed by atoms with E-state index in [0.717, 1.165) is 10.0 Å². The monoisotopic (exact) mass is 682 g/mol. The van der Waals surface area contributed by atoms with Gasteiger partial charge in [0.25, 0.3) is 5.56 Å². The van der Waals surface area contributed by atoms with Crippen molar-refractivity contribution in [3.63, 3.8) is 0 Å². The number of aromatic nitrogens is 1. The predicted octanol–water partition coefficient (Wildman–Crippen LogP) is 5.81. The van der Waals surface area contributed by atoms with Crippen LogP contribution in [0.3, 0.4) is 0 Å². The van der Waals surface area contributed by atoms with Gasteiger partial charge in [-0.1, -0.05) is 57.1 Å². The van der Waals surface area contributed by atoms with Crippen molar-refractivity contribution >= 4 is 50.9 Å². The van der Waals surface area contributed by atoms with Crippen molar-refractivity contribution in [2.45, 2.75) is 26.5 Å². The van der Waals surface area contributed by atoms with Crippen molar-refractivity contribution in [1.82, 2.24) is 4.57 Å². The number of hydrogen-bond acceptors (Lipinski definition) is 8. The third-order valence-electron chi connectivity index (χ3n) is 6.55. The number of ether oxygens (including phenoxy) is 4. The van der Waals surface area contributed by atoms with E-state index in [1.807, 2.05) is 56.3 Å². The minimum Gasteiger partial charge on any atom is -0.490 e. The summed E-state index contributed by atoms with van der Waals surface area (Å²) in [6.07, 6.45) is 3.23. The Morgan fingerprint density at radius 1 is 1.02 bits per heavy atom. The van der Waals surface area contributed by atoms with Gasteiger partial charge in [-0.05, 0) is 73.5 Å². The van der Waals surface area contributed by atoms with Crippen LogP contribution in [0.15, 0.2) is 86.7 Å². The first-order valence-corrected chi connectivity index (χ1v) is 15.5. The van der Waals surface area contributed by atoms with E-state index < -0.39 is 12.0 Å². The second-order valence-electron chi connectivity index (χ2n) is 9.35. The van der Waals surface area contributed by atoms with E-state index in [1.54, 1.807) is 24.3 Å². The normalized spacial score (nSPS) is 14.4. The quantitative estimate of drug-likeness (QED) is 0.196. The van der Waals surface area contributed by atoms with Crippen molar-refractivity contribution in [3.05, 3.63) is 118 Å². The summed E-state index contributed by atoms with van der Waals surface area (Å²) < 4.78 is 25.5. The molecule has 0 saturated heterocycles. The molecule has 1 atom stereocenters. The molecule has 0 radical (unpaired) electrons. The molecule has 11 heteroatoms. The first kappa shape index (κ1) is 30.6. The molecular formula is C32H28BrClN2O6S. The van der Waals surface area contributed by atoms with Crippen LogP contribution in [0.5, 0.6) is 17.2 Å². The minimum absolute atomic E-state index is 0.223. The number of esters is 1. The highest BCUT2D eigenvalue weighted by Gasteiger charge is 2.31. The van der Waals surface area contributed by atoms with Crippen LogP contribution in [0, 0.1) is 0 Å². The first-order chi connectivity index (χ1) is 20.8. The lowest BCUT2D eigenvalue weighted by Crippen LogP contribution is -2.39. The largest absolute Gasteiger partial charge is 0.490 e. The molecule has 43 heavy (non-hydrogen) atoms. The molecule has 1 aliphatic heterocycles. The SMILES string of the molecule is CCOc1ccc([C@H]2C(C(=O)OC)=CN=c3s/c(=C/c4cc(Br)ccc4OCc4cccc(Cl)c4)c(=O)n32)cc1OCC.